The molecule has 0 aliphatic carbocycles. The summed E-state index contributed by atoms with van der Waals surface area (Å²) in [5.41, 5.74) is 1.51. The van der Waals surface area contributed by atoms with E-state index in [1.54, 1.807) is 16.7 Å². The monoisotopic (exact) mass is 473 g/mol. The highest BCUT2D eigenvalue weighted by molar-refractivity contribution is 8.00. The van der Waals surface area contributed by atoms with Crippen molar-refractivity contribution in [1.29, 1.82) is 0 Å². The fraction of sp³-hybridized carbons (Fsp3) is 0.458. The van der Waals surface area contributed by atoms with Crippen LogP contribution in [0, 0.1) is 12.7 Å². The summed E-state index contributed by atoms with van der Waals surface area (Å²) in [4.78, 5) is 34.9. The average Bonchev–Trinajstić information content (AvgIpc) is 2.93. The Bertz CT molecular complexity index is 1180. The second-order valence-electron chi connectivity index (χ2n) is 8.16. The summed E-state index contributed by atoms with van der Waals surface area (Å²) in [6, 6.07) is 6.21. The molecule has 170 valence electrons. The third kappa shape index (κ3) is 4.48. The number of hydrogen-bond acceptors (Lipinski definition) is 5. The van der Waals surface area contributed by atoms with Crippen LogP contribution >= 0.6 is 23.1 Å². The van der Waals surface area contributed by atoms with E-state index in [0.717, 1.165) is 41.9 Å². The highest BCUT2D eigenvalue weighted by atomic mass is 32.2. The number of benzene rings is 1. The molecule has 3 aromatic rings. The highest BCUT2D eigenvalue weighted by Crippen LogP contribution is 2.37. The van der Waals surface area contributed by atoms with Gasteiger partial charge in [-0.2, -0.15) is 0 Å². The largest absolute Gasteiger partial charge is 0.342 e. The minimum atomic E-state index is -0.312. The molecule has 1 atom stereocenters. The van der Waals surface area contributed by atoms with Crippen molar-refractivity contribution < 1.29 is 9.18 Å². The van der Waals surface area contributed by atoms with Crippen molar-refractivity contribution in [3.63, 3.8) is 0 Å². The second kappa shape index (κ2) is 9.75. The molecule has 8 heteroatoms. The molecule has 1 unspecified atom stereocenters. The Balaban J connectivity index is 1.71. The molecule has 0 saturated carbocycles. The average molecular weight is 474 g/mol. The Kier molecular flexibility index (Phi) is 7.00. The van der Waals surface area contributed by atoms with Gasteiger partial charge in [-0.1, -0.05) is 36.7 Å². The number of rotatable bonds is 5. The zero-order valence-electron chi connectivity index (χ0n) is 18.7. The molecule has 1 fully saturated rings. The van der Waals surface area contributed by atoms with Gasteiger partial charge >= 0.3 is 0 Å². The molecule has 0 radical (unpaired) electrons. The number of amides is 1. The number of carbonyl (C=O) groups is 1. The number of fused-ring (bicyclic) bond motifs is 1. The van der Waals surface area contributed by atoms with Gasteiger partial charge in [0.2, 0.25) is 5.91 Å². The number of aryl methyl sites for hydroxylation is 1. The van der Waals surface area contributed by atoms with Crippen molar-refractivity contribution in [2.24, 2.45) is 0 Å². The highest BCUT2D eigenvalue weighted by Gasteiger charge is 2.26. The van der Waals surface area contributed by atoms with Crippen LogP contribution in [-0.2, 0) is 11.3 Å². The predicted octanol–water partition coefficient (Wildman–Crippen LogP) is 5.48. The molecule has 1 aromatic carbocycles. The lowest BCUT2D eigenvalue weighted by molar-refractivity contribution is -0.130. The summed E-state index contributed by atoms with van der Waals surface area (Å²) in [6.45, 7) is 7.85. The molecule has 1 saturated heterocycles. The lowest BCUT2D eigenvalue weighted by atomic mass is 10.0. The van der Waals surface area contributed by atoms with E-state index in [1.165, 1.54) is 48.1 Å². The first-order chi connectivity index (χ1) is 15.4. The molecular weight excluding hydrogens is 445 g/mol. The third-order valence-corrected chi connectivity index (χ3v) is 8.03. The van der Waals surface area contributed by atoms with Gasteiger partial charge in [0, 0.05) is 30.1 Å². The first kappa shape index (κ1) is 23.0. The van der Waals surface area contributed by atoms with Crippen molar-refractivity contribution in [3.8, 4) is 11.1 Å². The minimum absolute atomic E-state index is 0.113. The van der Waals surface area contributed by atoms with E-state index >= 15 is 0 Å². The number of halogens is 1. The Morgan fingerprint density at radius 1 is 1.19 bits per heavy atom. The molecule has 32 heavy (non-hydrogen) atoms. The first-order valence-electron chi connectivity index (χ1n) is 11.2. The lowest BCUT2D eigenvalue weighted by Crippen LogP contribution is -2.37. The quantitative estimate of drug-likeness (QED) is 0.364. The van der Waals surface area contributed by atoms with Crippen molar-refractivity contribution in [3.05, 3.63) is 45.3 Å². The Morgan fingerprint density at radius 2 is 1.84 bits per heavy atom. The molecule has 1 aliphatic rings. The van der Waals surface area contributed by atoms with Crippen LogP contribution in [0.5, 0.6) is 0 Å². The Hall–Kier alpha value is -2.19. The number of thiophene rings is 1. The zero-order valence-corrected chi connectivity index (χ0v) is 20.3. The summed E-state index contributed by atoms with van der Waals surface area (Å²) in [7, 11) is 0. The molecular formula is C24H28FN3O2S2. The van der Waals surface area contributed by atoms with Crippen molar-refractivity contribution >= 4 is 39.2 Å². The SMILES string of the molecule is CCn1c(SC(C)C(=O)N2CCCCCC2)nc2sc(C)c(-c3ccc(F)cc3)c2c1=O. The molecule has 5 nitrogen and oxygen atoms in total. The summed E-state index contributed by atoms with van der Waals surface area (Å²) < 4.78 is 15.1. The van der Waals surface area contributed by atoms with Crippen LogP contribution < -0.4 is 5.56 Å². The topological polar surface area (TPSA) is 55.2 Å². The molecule has 4 rings (SSSR count). The predicted molar refractivity (Wildman–Crippen MR) is 130 cm³/mol. The molecule has 3 heterocycles. The normalized spacial score (nSPS) is 15.7. The first-order valence-corrected chi connectivity index (χ1v) is 12.9. The van der Waals surface area contributed by atoms with Crippen LogP contribution in [0.4, 0.5) is 4.39 Å². The number of thioether (sulfide) groups is 1. The van der Waals surface area contributed by atoms with Crippen LogP contribution in [0.3, 0.4) is 0 Å². The minimum Gasteiger partial charge on any atom is -0.342 e. The molecule has 0 N–H and O–H groups in total. The van der Waals surface area contributed by atoms with E-state index in [4.69, 9.17) is 4.98 Å². The van der Waals surface area contributed by atoms with Crippen molar-refractivity contribution in [1.82, 2.24) is 14.5 Å². The van der Waals surface area contributed by atoms with Crippen LogP contribution in [0.1, 0.15) is 44.4 Å². The summed E-state index contributed by atoms with van der Waals surface area (Å²) >= 11 is 2.83. The summed E-state index contributed by atoms with van der Waals surface area (Å²) in [6.07, 6.45) is 4.45. The van der Waals surface area contributed by atoms with Crippen LogP contribution in [0.25, 0.3) is 21.3 Å². The maximum absolute atomic E-state index is 13.5. The fourth-order valence-corrected chi connectivity index (χ4v) is 6.41. The summed E-state index contributed by atoms with van der Waals surface area (Å²) in [5, 5.41) is 0.831. The Morgan fingerprint density at radius 3 is 2.47 bits per heavy atom. The van der Waals surface area contributed by atoms with Crippen molar-refractivity contribution in [2.75, 3.05) is 13.1 Å². The smallest absolute Gasteiger partial charge is 0.263 e. The molecule has 2 aromatic heterocycles. The van der Waals surface area contributed by atoms with Gasteiger partial charge in [0.25, 0.3) is 5.56 Å². The van der Waals surface area contributed by atoms with Crippen LogP contribution in [-0.4, -0.2) is 38.7 Å². The van der Waals surface area contributed by atoms with Gasteiger partial charge in [0.15, 0.2) is 5.16 Å². The van der Waals surface area contributed by atoms with Gasteiger partial charge in [-0.15, -0.1) is 11.3 Å². The van der Waals surface area contributed by atoms with E-state index in [1.807, 2.05) is 25.7 Å². The zero-order chi connectivity index (χ0) is 22.8. The number of carbonyl (C=O) groups excluding carboxylic acids is 1. The van der Waals surface area contributed by atoms with E-state index in [-0.39, 0.29) is 22.5 Å². The van der Waals surface area contributed by atoms with E-state index in [0.29, 0.717) is 21.9 Å². The fourth-order valence-electron chi connectivity index (χ4n) is 4.27. The standard InChI is InChI=1S/C24H28FN3O2S2/c1-4-28-23(30)20-19(17-9-11-18(25)12-10-17)15(2)31-21(20)26-24(28)32-16(3)22(29)27-13-7-5-6-8-14-27/h9-12,16H,4-8,13-14H2,1-3H3. The second-order valence-corrected chi connectivity index (χ2v) is 10.7. The van der Waals surface area contributed by atoms with Crippen molar-refractivity contribution in [2.45, 2.75) is 63.4 Å². The van der Waals surface area contributed by atoms with Gasteiger partial charge in [0.1, 0.15) is 10.6 Å². The molecule has 0 bridgehead atoms. The molecule has 0 spiro atoms. The number of hydrogen-bond donors (Lipinski definition) is 0. The van der Waals surface area contributed by atoms with Gasteiger partial charge in [-0.3, -0.25) is 14.2 Å². The van der Waals surface area contributed by atoms with Gasteiger partial charge < -0.3 is 4.90 Å². The van der Waals surface area contributed by atoms with E-state index in [2.05, 4.69) is 0 Å². The molecule has 1 aliphatic heterocycles. The maximum Gasteiger partial charge on any atom is 0.263 e. The van der Waals surface area contributed by atoms with Gasteiger partial charge in [-0.25, -0.2) is 9.37 Å². The Labute approximate surface area is 195 Å². The number of aromatic nitrogens is 2. The molecule has 1 amide bonds. The number of nitrogens with zero attached hydrogens (tertiary/aromatic N) is 3. The van der Waals surface area contributed by atoms with E-state index < -0.39 is 0 Å². The van der Waals surface area contributed by atoms with E-state index in [9.17, 15) is 14.0 Å². The number of likely N-dealkylation sites (tertiary alicyclic amines) is 1. The van der Waals surface area contributed by atoms with Gasteiger partial charge in [-0.05, 0) is 51.3 Å². The summed E-state index contributed by atoms with van der Waals surface area (Å²) in [5.74, 6) is -0.194. The third-order valence-electron chi connectivity index (χ3n) is 5.95. The lowest BCUT2D eigenvalue weighted by Gasteiger charge is -2.24. The van der Waals surface area contributed by atoms with Gasteiger partial charge in [0.05, 0.1) is 10.6 Å². The maximum atomic E-state index is 13.5. The van der Waals surface area contributed by atoms with Crippen LogP contribution in [0.15, 0.2) is 34.2 Å². The van der Waals surface area contributed by atoms with Crippen LogP contribution in [0.2, 0.25) is 0 Å².